The van der Waals surface area contributed by atoms with Crippen LogP contribution >= 0.6 is 15.9 Å². The molecule has 0 amide bonds. The maximum Gasteiger partial charge on any atom is 0.119 e. The molecule has 4 nitrogen and oxygen atoms in total. The average molecular weight is 290 g/mol. The molecule has 0 unspecified atom stereocenters. The summed E-state index contributed by atoms with van der Waals surface area (Å²) in [4.78, 5) is 5.07. The zero-order valence-electron chi connectivity index (χ0n) is 9.24. The number of nitrogens with one attached hydrogen (secondary N) is 1. The van der Waals surface area contributed by atoms with Gasteiger partial charge in [0, 0.05) is 11.6 Å². The SMILES string of the molecule is COCCONCCOc1ccc(Br)cc1. The molecule has 1 N–H and O–H groups in total. The third-order valence-electron chi connectivity index (χ3n) is 1.78. The first-order chi connectivity index (χ1) is 7.83. The van der Waals surface area contributed by atoms with Crippen molar-refractivity contribution >= 4 is 15.9 Å². The molecule has 0 spiro atoms. The summed E-state index contributed by atoms with van der Waals surface area (Å²) in [6, 6.07) is 7.71. The fourth-order valence-corrected chi connectivity index (χ4v) is 1.28. The van der Waals surface area contributed by atoms with Gasteiger partial charge in [-0.3, -0.25) is 4.84 Å². The van der Waals surface area contributed by atoms with Crippen molar-refractivity contribution in [1.29, 1.82) is 0 Å². The smallest absolute Gasteiger partial charge is 0.119 e. The predicted molar refractivity (Wildman–Crippen MR) is 65.5 cm³/mol. The highest BCUT2D eigenvalue weighted by Gasteiger charge is 1.93. The van der Waals surface area contributed by atoms with Gasteiger partial charge in [0.15, 0.2) is 0 Å². The second-order valence-electron chi connectivity index (χ2n) is 3.04. The minimum atomic E-state index is 0.536. The van der Waals surface area contributed by atoms with Crippen molar-refractivity contribution < 1.29 is 14.3 Å². The van der Waals surface area contributed by atoms with Crippen molar-refractivity contribution in [2.24, 2.45) is 0 Å². The summed E-state index contributed by atoms with van der Waals surface area (Å²) >= 11 is 3.36. The van der Waals surface area contributed by atoms with Crippen molar-refractivity contribution in [2.75, 3.05) is 33.5 Å². The van der Waals surface area contributed by atoms with Gasteiger partial charge in [-0.1, -0.05) is 15.9 Å². The molecule has 16 heavy (non-hydrogen) atoms. The molecule has 0 radical (unpaired) electrons. The van der Waals surface area contributed by atoms with Crippen molar-refractivity contribution in [2.45, 2.75) is 0 Å². The van der Waals surface area contributed by atoms with Crippen LogP contribution in [0.5, 0.6) is 5.75 Å². The zero-order valence-corrected chi connectivity index (χ0v) is 10.8. The number of hydrogen-bond acceptors (Lipinski definition) is 4. The molecular formula is C11H16BrNO3. The molecule has 1 aromatic rings. The van der Waals surface area contributed by atoms with E-state index >= 15 is 0 Å². The lowest BCUT2D eigenvalue weighted by molar-refractivity contribution is 0.00257. The molecule has 0 fully saturated rings. The maximum atomic E-state index is 5.47. The molecule has 0 aliphatic rings. The Balaban J connectivity index is 2.01. The van der Waals surface area contributed by atoms with E-state index in [-0.39, 0.29) is 0 Å². The van der Waals surface area contributed by atoms with Crippen LogP contribution < -0.4 is 10.2 Å². The molecule has 0 bridgehead atoms. The summed E-state index contributed by atoms with van der Waals surface area (Å²) in [5.74, 6) is 0.849. The van der Waals surface area contributed by atoms with E-state index in [0.717, 1.165) is 10.2 Å². The summed E-state index contributed by atoms with van der Waals surface area (Å²) in [5.41, 5.74) is 2.79. The lowest BCUT2D eigenvalue weighted by Crippen LogP contribution is -2.23. The molecular weight excluding hydrogens is 274 g/mol. The molecule has 0 saturated heterocycles. The first kappa shape index (κ1) is 13.4. The van der Waals surface area contributed by atoms with Crippen LogP contribution in [-0.2, 0) is 9.57 Å². The number of hydroxylamine groups is 1. The second kappa shape index (κ2) is 8.52. The highest BCUT2D eigenvalue weighted by molar-refractivity contribution is 9.10. The van der Waals surface area contributed by atoms with E-state index in [9.17, 15) is 0 Å². The largest absolute Gasteiger partial charge is 0.492 e. The summed E-state index contributed by atoms with van der Waals surface area (Å²) in [7, 11) is 1.64. The Morgan fingerprint density at radius 3 is 2.56 bits per heavy atom. The Labute approximate surface area is 104 Å². The molecule has 0 atom stereocenters. The van der Waals surface area contributed by atoms with Crippen LogP contribution in [0.4, 0.5) is 0 Å². The molecule has 0 saturated carbocycles. The van der Waals surface area contributed by atoms with Crippen LogP contribution in [0.1, 0.15) is 0 Å². The number of rotatable bonds is 8. The van der Waals surface area contributed by atoms with Crippen LogP contribution in [0.3, 0.4) is 0 Å². The number of methoxy groups -OCH3 is 1. The van der Waals surface area contributed by atoms with Gasteiger partial charge in [0.1, 0.15) is 12.4 Å². The summed E-state index contributed by atoms with van der Waals surface area (Å²) in [5, 5.41) is 0. The zero-order chi connectivity index (χ0) is 11.6. The Bertz CT molecular complexity index is 279. The van der Waals surface area contributed by atoms with Crippen LogP contribution in [0, 0.1) is 0 Å². The second-order valence-corrected chi connectivity index (χ2v) is 3.95. The van der Waals surface area contributed by atoms with Crippen LogP contribution in [0.15, 0.2) is 28.7 Å². The van der Waals surface area contributed by atoms with Gasteiger partial charge in [0.2, 0.25) is 0 Å². The topological polar surface area (TPSA) is 39.7 Å². The van der Waals surface area contributed by atoms with Gasteiger partial charge in [-0.15, -0.1) is 0 Å². The van der Waals surface area contributed by atoms with Crippen molar-refractivity contribution in [3.05, 3.63) is 28.7 Å². The van der Waals surface area contributed by atoms with Gasteiger partial charge in [-0.25, -0.2) is 0 Å². The minimum Gasteiger partial charge on any atom is -0.492 e. The Morgan fingerprint density at radius 2 is 1.88 bits per heavy atom. The van der Waals surface area contributed by atoms with Crippen LogP contribution in [-0.4, -0.2) is 33.5 Å². The normalized spacial score (nSPS) is 10.4. The number of benzene rings is 1. The van der Waals surface area contributed by atoms with Gasteiger partial charge < -0.3 is 9.47 Å². The molecule has 0 aliphatic carbocycles. The molecule has 90 valence electrons. The molecule has 5 heteroatoms. The summed E-state index contributed by atoms with van der Waals surface area (Å²) in [6.45, 7) is 2.32. The third-order valence-corrected chi connectivity index (χ3v) is 2.31. The third kappa shape index (κ3) is 6.07. The van der Waals surface area contributed by atoms with E-state index in [2.05, 4.69) is 21.4 Å². The monoisotopic (exact) mass is 289 g/mol. The first-order valence-electron chi connectivity index (χ1n) is 5.05. The van der Waals surface area contributed by atoms with Gasteiger partial charge >= 0.3 is 0 Å². The molecule has 1 rings (SSSR count). The summed E-state index contributed by atoms with van der Waals surface area (Å²) in [6.07, 6.45) is 0. The molecule has 1 aromatic carbocycles. The van der Waals surface area contributed by atoms with Crippen molar-refractivity contribution in [1.82, 2.24) is 5.48 Å². The minimum absolute atomic E-state index is 0.536. The van der Waals surface area contributed by atoms with E-state index in [1.165, 1.54) is 0 Å². The average Bonchev–Trinajstić information content (AvgIpc) is 2.30. The van der Waals surface area contributed by atoms with Gasteiger partial charge in [0.25, 0.3) is 0 Å². The quantitative estimate of drug-likeness (QED) is 0.587. The molecule has 0 heterocycles. The Morgan fingerprint density at radius 1 is 1.12 bits per heavy atom. The predicted octanol–water partition coefficient (Wildman–Crippen LogP) is 2.00. The summed E-state index contributed by atoms with van der Waals surface area (Å²) < 4.78 is 11.3. The Kier molecular flexibility index (Phi) is 7.16. The first-order valence-corrected chi connectivity index (χ1v) is 5.84. The van der Waals surface area contributed by atoms with Crippen molar-refractivity contribution in [3.63, 3.8) is 0 Å². The number of ether oxygens (including phenoxy) is 2. The number of halogens is 1. The molecule has 0 aliphatic heterocycles. The fraction of sp³-hybridized carbons (Fsp3) is 0.455. The van der Waals surface area contributed by atoms with E-state index in [0.29, 0.717) is 26.4 Å². The van der Waals surface area contributed by atoms with Gasteiger partial charge in [-0.05, 0) is 24.3 Å². The van der Waals surface area contributed by atoms with E-state index in [4.69, 9.17) is 14.3 Å². The van der Waals surface area contributed by atoms with Crippen LogP contribution in [0.2, 0.25) is 0 Å². The Hall–Kier alpha value is -0.620. The standard InChI is InChI=1S/C11H16BrNO3/c1-14-8-9-16-13-6-7-15-11-4-2-10(12)3-5-11/h2-5,13H,6-9H2,1H3. The lowest BCUT2D eigenvalue weighted by Gasteiger charge is -2.07. The van der Waals surface area contributed by atoms with Crippen molar-refractivity contribution in [3.8, 4) is 5.75 Å². The maximum absolute atomic E-state index is 5.47. The van der Waals surface area contributed by atoms with E-state index in [1.807, 2.05) is 24.3 Å². The fourth-order valence-electron chi connectivity index (χ4n) is 1.01. The van der Waals surface area contributed by atoms with E-state index < -0.39 is 0 Å². The lowest BCUT2D eigenvalue weighted by atomic mass is 10.3. The molecule has 0 aromatic heterocycles. The highest BCUT2D eigenvalue weighted by atomic mass is 79.9. The number of hydrogen-bond donors (Lipinski definition) is 1. The van der Waals surface area contributed by atoms with E-state index in [1.54, 1.807) is 7.11 Å². The van der Waals surface area contributed by atoms with Crippen LogP contribution in [0.25, 0.3) is 0 Å². The van der Waals surface area contributed by atoms with Gasteiger partial charge in [-0.2, -0.15) is 5.48 Å². The highest BCUT2D eigenvalue weighted by Crippen LogP contribution is 2.15. The van der Waals surface area contributed by atoms with Gasteiger partial charge in [0.05, 0.1) is 19.8 Å².